The zero-order valence-electron chi connectivity index (χ0n) is 15.6. The molecule has 1 aliphatic heterocycles. The van der Waals surface area contributed by atoms with Crippen LogP contribution in [0.4, 0.5) is 17.6 Å². The summed E-state index contributed by atoms with van der Waals surface area (Å²) in [6, 6.07) is 4.37. The van der Waals surface area contributed by atoms with Crippen molar-refractivity contribution in [1.82, 2.24) is 9.47 Å². The van der Waals surface area contributed by atoms with Gasteiger partial charge in [0, 0.05) is 40.3 Å². The lowest BCUT2D eigenvalue weighted by atomic mass is 9.97. The van der Waals surface area contributed by atoms with Crippen LogP contribution in [-0.2, 0) is 17.5 Å². The van der Waals surface area contributed by atoms with E-state index in [1.54, 1.807) is 16.3 Å². The van der Waals surface area contributed by atoms with Crippen molar-refractivity contribution in [3.63, 3.8) is 0 Å². The lowest BCUT2D eigenvalue weighted by Crippen LogP contribution is -2.52. The molecule has 30 heavy (non-hydrogen) atoms. The highest BCUT2D eigenvalue weighted by Gasteiger charge is 2.53. The van der Waals surface area contributed by atoms with Gasteiger partial charge in [0.25, 0.3) is 5.56 Å². The maximum atomic E-state index is 13.7. The number of hydrogen-bond acceptors (Lipinski definition) is 3. The first-order valence-corrected chi connectivity index (χ1v) is 10.3. The standard InChI is InChI=1S/C21H16F4N2O2S/c22-15-2-1-12(7-14(15)21(23,24)25)13-9-30-16-3-6-26(19(29)18(13)16)8-17(28)27-10-20(11-27)4-5-20/h1-3,6-7,9H,4-5,8,10-11H2. The third-order valence-electron chi connectivity index (χ3n) is 5.95. The van der Waals surface area contributed by atoms with Crippen LogP contribution in [0, 0.1) is 11.2 Å². The fourth-order valence-corrected chi connectivity index (χ4v) is 4.96. The fraction of sp³-hybridized carbons (Fsp3) is 0.333. The van der Waals surface area contributed by atoms with Crippen molar-refractivity contribution >= 4 is 27.3 Å². The minimum Gasteiger partial charge on any atom is -0.340 e. The summed E-state index contributed by atoms with van der Waals surface area (Å²) in [5, 5.41) is 1.81. The second kappa shape index (κ2) is 6.41. The molecule has 0 unspecified atom stereocenters. The van der Waals surface area contributed by atoms with E-state index in [4.69, 9.17) is 0 Å². The maximum Gasteiger partial charge on any atom is 0.419 e. The van der Waals surface area contributed by atoms with E-state index in [0.717, 1.165) is 32.0 Å². The van der Waals surface area contributed by atoms with Crippen molar-refractivity contribution in [1.29, 1.82) is 0 Å². The first-order chi connectivity index (χ1) is 14.2. The molecule has 1 spiro atoms. The summed E-state index contributed by atoms with van der Waals surface area (Å²) in [5.74, 6) is -1.51. The number of fused-ring (bicyclic) bond motifs is 1. The van der Waals surface area contributed by atoms with Crippen LogP contribution in [0.3, 0.4) is 0 Å². The van der Waals surface area contributed by atoms with Gasteiger partial charge < -0.3 is 9.47 Å². The highest BCUT2D eigenvalue weighted by molar-refractivity contribution is 7.17. The number of carbonyl (C=O) groups excluding carboxylic acids is 1. The molecular formula is C21H16F4N2O2S. The molecule has 156 valence electrons. The SMILES string of the molecule is O=C(Cn1ccc2scc(-c3ccc(F)c(C(F)(F)F)c3)c2c1=O)N1CC2(CC2)C1. The van der Waals surface area contributed by atoms with Gasteiger partial charge in [-0.05, 0) is 36.6 Å². The van der Waals surface area contributed by atoms with Crippen LogP contribution >= 0.6 is 11.3 Å². The Morgan fingerprint density at radius 2 is 1.90 bits per heavy atom. The molecule has 3 heterocycles. The van der Waals surface area contributed by atoms with Gasteiger partial charge in [-0.3, -0.25) is 9.59 Å². The van der Waals surface area contributed by atoms with Crippen LogP contribution in [-0.4, -0.2) is 28.5 Å². The van der Waals surface area contributed by atoms with E-state index in [1.165, 1.54) is 28.2 Å². The van der Waals surface area contributed by atoms with Crippen molar-refractivity contribution in [3.05, 3.63) is 57.6 Å². The molecular weight excluding hydrogens is 420 g/mol. The summed E-state index contributed by atoms with van der Waals surface area (Å²) >= 11 is 1.21. The summed E-state index contributed by atoms with van der Waals surface area (Å²) < 4.78 is 54.8. The van der Waals surface area contributed by atoms with Gasteiger partial charge in [-0.15, -0.1) is 11.3 Å². The number of halogens is 4. The molecule has 1 aliphatic carbocycles. The molecule has 1 saturated carbocycles. The number of aromatic nitrogens is 1. The number of likely N-dealkylation sites (tertiary alicyclic amines) is 1. The van der Waals surface area contributed by atoms with Gasteiger partial charge in [-0.2, -0.15) is 13.2 Å². The molecule has 0 radical (unpaired) electrons. The molecule has 5 rings (SSSR count). The maximum absolute atomic E-state index is 13.7. The Kier molecular flexibility index (Phi) is 4.12. The third kappa shape index (κ3) is 3.12. The highest BCUT2D eigenvalue weighted by Crippen LogP contribution is 2.52. The van der Waals surface area contributed by atoms with Crippen molar-refractivity contribution in [2.75, 3.05) is 13.1 Å². The van der Waals surface area contributed by atoms with E-state index in [1.807, 2.05) is 0 Å². The normalized spacial score (nSPS) is 17.4. The fourth-order valence-electron chi connectivity index (χ4n) is 4.01. The van der Waals surface area contributed by atoms with Gasteiger partial charge in [-0.25, -0.2) is 4.39 Å². The second-order valence-corrected chi connectivity index (χ2v) is 8.99. The zero-order chi connectivity index (χ0) is 21.3. The highest BCUT2D eigenvalue weighted by atomic mass is 32.1. The summed E-state index contributed by atoms with van der Waals surface area (Å²) in [5.41, 5.74) is -1.11. The van der Waals surface area contributed by atoms with Crippen molar-refractivity contribution < 1.29 is 22.4 Å². The number of pyridine rings is 1. The minimum atomic E-state index is -4.84. The van der Waals surface area contributed by atoms with Crippen LogP contribution in [0.2, 0.25) is 0 Å². The van der Waals surface area contributed by atoms with E-state index in [2.05, 4.69) is 0 Å². The minimum absolute atomic E-state index is 0.106. The average Bonchev–Trinajstić information content (AvgIpc) is 3.35. The van der Waals surface area contributed by atoms with Crippen molar-refractivity contribution in [2.24, 2.45) is 5.41 Å². The number of thiophene rings is 1. The van der Waals surface area contributed by atoms with Gasteiger partial charge in [0.15, 0.2) is 0 Å². The summed E-state index contributed by atoms with van der Waals surface area (Å²) in [7, 11) is 0. The van der Waals surface area contributed by atoms with Crippen molar-refractivity contribution in [3.8, 4) is 11.1 Å². The topological polar surface area (TPSA) is 42.3 Å². The first kappa shape index (κ1) is 19.3. The Balaban J connectivity index is 1.51. The van der Waals surface area contributed by atoms with Gasteiger partial charge in [-0.1, -0.05) is 6.07 Å². The van der Waals surface area contributed by atoms with E-state index in [9.17, 15) is 27.2 Å². The van der Waals surface area contributed by atoms with Gasteiger partial charge in [0.2, 0.25) is 5.91 Å². The number of rotatable bonds is 3. The zero-order valence-corrected chi connectivity index (χ0v) is 16.4. The molecule has 2 aliphatic rings. The van der Waals surface area contributed by atoms with Crippen LogP contribution in [0.15, 0.2) is 40.6 Å². The number of amides is 1. The Hall–Kier alpha value is -2.68. The molecule has 1 aromatic carbocycles. The second-order valence-electron chi connectivity index (χ2n) is 8.08. The lowest BCUT2D eigenvalue weighted by Gasteiger charge is -2.40. The van der Waals surface area contributed by atoms with Crippen molar-refractivity contribution in [2.45, 2.75) is 25.6 Å². The van der Waals surface area contributed by atoms with Gasteiger partial charge in [0.05, 0.1) is 10.9 Å². The summed E-state index contributed by atoms with van der Waals surface area (Å²) in [4.78, 5) is 27.3. The molecule has 1 amide bonds. The smallest absolute Gasteiger partial charge is 0.340 e. The molecule has 2 aromatic heterocycles. The number of carbonyl (C=O) groups is 1. The molecule has 3 aromatic rings. The van der Waals surface area contributed by atoms with E-state index >= 15 is 0 Å². The molecule has 0 N–H and O–H groups in total. The van der Waals surface area contributed by atoms with Crippen LogP contribution < -0.4 is 5.56 Å². The largest absolute Gasteiger partial charge is 0.419 e. The first-order valence-electron chi connectivity index (χ1n) is 9.42. The Labute approximate surface area is 172 Å². The molecule has 9 heteroatoms. The number of benzene rings is 1. The molecule has 1 saturated heterocycles. The van der Waals surface area contributed by atoms with Crippen LogP contribution in [0.25, 0.3) is 21.2 Å². The number of alkyl halides is 3. The van der Waals surface area contributed by atoms with E-state index in [0.29, 0.717) is 21.7 Å². The quantitative estimate of drug-likeness (QED) is 0.567. The predicted octanol–water partition coefficient (Wildman–Crippen LogP) is 4.51. The van der Waals surface area contributed by atoms with Crippen LogP contribution in [0.5, 0.6) is 0 Å². The summed E-state index contributed by atoms with van der Waals surface area (Å²) in [6.45, 7) is 1.34. The molecule has 2 fully saturated rings. The third-order valence-corrected chi connectivity index (χ3v) is 6.90. The van der Waals surface area contributed by atoms with E-state index in [-0.39, 0.29) is 23.4 Å². The molecule has 0 bridgehead atoms. The number of hydrogen-bond donors (Lipinski definition) is 0. The Morgan fingerprint density at radius 1 is 1.17 bits per heavy atom. The monoisotopic (exact) mass is 436 g/mol. The van der Waals surface area contributed by atoms with Crippen LogP contribution in [0.1, 0.15) is 18.4 Å². The predicted molar refractivity (Wildman–Crippen MR) is 105 cm³/mol. The lowest BCUT2D eigenvalue weighted by molar-refractivity contribution is -0.140. The number of nitrogens with zero attached hydrogens (tertiary/aromatic N) is 2. The average molecular weight is 436 g/mol. The van der Waals surface area contributed by atoms with Gasteiger partial charge in [0.1, 0.15) is 12.4 Å². The summed E-state index contributed by atoms with van der Waals surface area (Å²) in [6.07, 6.45) is -1.03. The molecule has 4 nitrogen and oxygen atoms in total. The Morgan fingerprint density at radius 3 is 2.57 bits per heavy atom. The Bertz CT molecular complexity index is 1230. The van der Waals surface area contributed by atoms with Gasteiger partial charge >= 0.3 is 6.18 Å². The molecule has 0 atom stereocenters. The van der Waals surface area contributed by atoms with E-state index < -0.39 is 23.1 Å².